The minimum Gasteiger partial charge on any atom is -0.342 e. The van der Waals surface area contributed by atoms with E-state index in [4.69, 9.17) is 11.6 Å². The van der Waals surface area contributed by atoms with Crippen molar-refractivity contribution in [2.45, 2.75) is 13.3 Å². The fourth-order valence-corrected chi connectivity index (χ4v) is 2.53. The summed E-state index contributed by atoms with van der Waals surface area (Å²) in [5, 5.41) is 9.93. The van der Waals surface area contributed by atoms with E-state index in [1.54, 1.807) is 0 Å². The lowest BCUT2D eigenvalue weighted by atomic mass is 10.1. The second kappa shape index (κ2) is 5.73. The van der Waals surface area contributed by atoms with E-state index in [1.165, 1.54) is 0 Å². The molecule has 3 rings (SSSR count). The van der Waals surface area contributed by atoms with Crippen LogP contribution in [0.5, 0.6) is 0 Å². The van der Waals surface area contributed by atoms with Gasteiger partial charge in [-0.05, 0) is 54.4 Å². The highest BCUT2D eigenvalue weighted by Crippen LogP contribution is 2.27. The van der Waals surface area contributed by atoms with Gasteiger partial charge in [0.2, 0.25) is 5.91 Å². The zero-order valence-corrected chi connectivity index (χ0v) is 12.9. The van der Waals surface area contributed by atoms with Crippen LogP contribution in [0.25, 0.3) is 0 Å². The molecule has 2 aromatic carbocycles. The van der Waals surface area contributed by atoms with E-state index in [0.717, 1.165) is 33.2 Å². The highest BCUT2D eigenvalue weighted by Gasteiger charge is 2.17. The molecule has 112 valence electrons. The molecule has 0 bridgehead atoms. The third-order valence-electron chi connectivity index (χ3n) is 3.48. The summed E-state index contributed by atoms with van der Waals surface area (Å²) in [6, 6.07) is 11.5. The van der Waals surface area contributed by atoms with Crippen molar-refractivity contribution in [2.24, 2.45) is 0 Å². The molecule has 0 unspecified atom stereocenters. The van der Waals surface area contributed by atoms with Gasteiger partial charge in [-0.2, -0.15) is 0 Å². The molecule has 0 radical (unpaired) electrons. The van der Waals surface area contributed by atoms with Gasteiger partial charge < -0.3 is 16.0 Å². The van der Waals surface area contributed by atoms with Crippen LogP contribution in [-0.4, -0.2) is 5.91 Å². The number of amides is 1. The molecule has 0 fully saturated rings. The molecular formula is C17H16ClN3O. The molecule has 0 atom stereocenters. The fraction of sp³-hybridized carbons (Fsp3) is 0.118. The number of halogens is 1. The molecule has 1 amide bonds. The van der Waals surface area contributed by atoms with Crippen molar-refractivity contribution in [1.29, 1.82) is 0 Å². The van der Waals surface area contributed by atoms with Crippen molar-refractivity contribution in [3.8, 4) is 0 Å². The zero-order valence-electron chi connectivity index (χ0n) is 12.2. The van der Waals surface area contributed by atoms with E-state index in [0.29, 0.717) is 12.2 Å². The van der Waals surface area contributed by atoms with Crippen LogP contribution in [-0.2, 0) is 11.2 Å². The molecule has 1 aliphatic heterocycles. The summed E-state index contributed by atoms with van der Waals surface area (Å²) in [7, 11) is 0. The van der Waals surface area contributed by atoms with Gasteiger partial charge in [0.25, 0.3) is 0 Å². The highest BCUT2D eigenvalue weighted by atomic mass is 35.5. The van der Waals surface area contributed by atoms with Crippen molar-refractivity contribution < 1.29 is 4.79 Å². The summed E-state index contributed by atoms with van der Waals surface area (Å²) in [4.78, 5) is 11.4. The zero-order chi connectivity index (χ0) is 15.7. The van der Waals surface area contributed by atoms with Crippen LogP contribution >= 0.6 is 11.6 Å². The Balaban J connectivity index is 1.68. The minimum atomic E-state index is 0.0285. The van der Waals surface area contributed by atoms with Gasteiger partial charge in [0.1, 0.15) is 5.82 Å². The van der Waals surface area contributed by atoms with E-state index in [9.17, 15) is 4.79 Å². The molecule has 0 saturated carbocycles. The molecule has 0 spiro atoms. The van der Waals surface area contributed by atoms with Crippen LogP contribution in [0.3, 0.4) is 0 Å². The molecule has 3 N–H and O–H groups in total. The molecule has 5 heteroatoms. The van der Waals surface area contributed by atoms with E-state index < -0.39 is 0 Å². The average molecular weight is 314 g/mol. The first-order chi connectivity index (χ1) is 10.5. The van der Waals surface area contributed by atoms with Crippen molar-refractivity contribution in [3.05, 3.63) is 64.9 Å². The first kappa shape index (κ1) is 14.5. The lowest BCUT2D eigenvalue weighted by molar-refractivity contribution is -0.115. The Morgan fingerprint density at radius 2 is 1.86 bits per heavy atom. The number of anilines is 3. The topological polar surface area (TPSA) is 53.2 Å². The number of benzene rings is 2. The second-order valence-electron chi connectivity index (χ2n) is 5.29. The lowest BCUT2D eigenvalue weighted by Crippen LogP contribution is -2.08. The molecule has 0 saturated heterocycles. The molecule has 2 aromatic rings. The third kappa shape index (κ3) is 3.07. The van der Waals surface area contributed by atoms with Crippen LogP contribution in [0.15, 0.2) is 48.8 Å². The number of rotatable bonds is 4. The fourth-order valence-electron chi connectivity index (χ4n) is 2.41. The Kier molecular flexibility index (Phi) is 3.77. The van der Waals surface area contributed by atoms with Crippen LogP contribution in [0.4, 0.5) is 17.1 Å². The minimum absolute atomic E-state index is 0.0285. The maximum absolute atomic E-state index is 11.4. The number of fused-ring (bicyclic) bond motifs is 1. The standard InChI is InChI=1S/C17H16ClN3O/c1-10-7-13(3-5-15(10)18)19-11(2)20-14-4-6-16-12(8-14)9-17(22)21-16/h3-8,19-20H,2,9H2,1H3,(H,21,22). The van der Waals surface area contributed by atoms with Gasteiger partial charge in [0.05, 0.1) is 6.42 Å². The molecule has 22 heavy (non-hydrogen) atoms. The number of aryl methyl sites for hydroxylation is 1. The monoisotopic (exact) mass is 313 g/mol. The van der Waals surface area contributed by atoms with E-state index in [-0.39, 0.29) is 5.91 Å². The summed E-state index contributed by atoms with van der Waals surface area (Å²) in [6.45, 7) is 5.92. The van der Waals surface area contributed by atoms with Crippen LogP contribution in [0.1, 0.15) is 11.1 Å². The summed E-state index contributed by atoms with van der Waals surface area (Å²) >= 11 is 6.01. The Bertz CT molecular complexity index is 770. The van der Waals surface area contributed by atoms with Gasteiger partial charge in [0.15, 0.2) is 0 Å². The summed E-state index contributed by atoms with van der Waals surface area (Å²) < 4.78 is 0. The SMILES string of the molecule is C=C(Nc1ccc(Cl)c(C)c1)Nc1ccc2c(c1)CC(=O)N2. The maximum atomic E-state index is 11.4. The van der Waals surface area contributed by atoms with Gasteiger partial charge in [-0.3, -0.25) is 4.79 Å². The molecule has 4 nitrogen and oxygen atoms in total. The summed E-state index contributed by atoms with van der Waals surface area (Å²) in [6.07, 6.45) is 0.418. The number of nitrogens with one attached hydrogen (secondary N) is 3. The van der Waals surface area contributed by atoms with Crippen molar-refractivity contribution in [3.63, 3.8) is 0 Å². The molecular weight excluding hydrogens is 298 g/mol. The predicted octanol–water partition coefficient (Wildman–Crippen LogP) is 4.14. The molecule has 0 aromatic heterocycles. The predicted molar refractivity (Wildman–Crippen MR) is 91.4 cm³/mol. The smallest absolute Gasteiger partial charge is 0.228 e. The largest absolute Gasteiger partial charge is 0.342 e. The van der Waals surface area contributed by atoms with Gasteiger partial charge in [-0.1, -0.05) is 18.2 Å². The van der Waals surface area contributed by atoms with Crippen LogP contribution in [0.2, 0.25) is 5.02 Å². The average Bonchev–Trinajstić information content (AvgIpc) is 2.82. The van der Waals surface area contributed by atoms with Crippen molar-refractivity contribution in [1.82, 2.24) is 0 Å². The summed E-state index contributed by atoms with van der Waals surface area (Å²) in [5.74, 6) is 0.680. The first-order valence-corrected chi connectivity index (χ1v) is 7.31. The lowest BCUT2D eigenvalue weighted by Gasteiger charge is -2.14. The Morgan fingerprint density at radius 3 is 2.59 bits per heavy atom. The highest BCUT2D eigenvalue weighted by molar-refractivity contribution is 6.31. The quantitative estimate of drug-likeness (QED) is 0.795. The number of carbonyl (C=O) groups excluding carboxylic acids is 1. The maximum Gasteiger partial charge on any atom is 0.228 e. The van der Waals surface area contributed by atoms with Gasteiger partial charge in [-0.15, -0.1) is 0 Å². The third-order valence-corrected chi connectivity index (χ3v) is 3.90. The van der Waals surface area contributed by atoms with Gasteiger partial charge in [-0.25, -0.2) is 0 Å². The summed E-state index contributed by atoms with van der Waals surface area (Å²) in [5.41, 5.74) is 4.67. The van der Waals surface area contributed by atoms with Crippen molar-refractivity contribution >= 4 is 34.6 Å². The Hall–Kier alpha value is -2.46. The molecule has 1 aliphatic rings. The second-order valence-corrected chi connectivity index (χ2v) is 5.70. The van der Waals surface area contributed by atoms with E-state index in [1.807, 2.05) is 43.3 Å². The van der Waals surface area contributed by atoms with Crippen LogP contribution in [0, 0.1) is 6.92 Å². The van der Waals surface area contributed by atoms with Gasteiger partial charge >= 0.3 is 0 Å². The molecule has 0 aliphatic carbocycles. The number of hydrogen-bond acceptors (Lipinski definition) is 3. The normalized spacial score (nSPS) is 12.5. The first-order valence-electron chi connectivity index (χ1n) is 6.93. The Labute approximate surface area is 134 Å². The molecule has 1 heterocycles. The van der Waals surface area contributed by atoms with Gasteiger partial charge in [0, 0.05) is 22.1 Å². The number of hydrogen-bond donors (Lipinski definition) is 3. The Morgan fingerprint density at radius 1 is 1.18 bits per heavy atom. The number of carbonyl (C=O) groups is 1. The van der Waals surface area contributed by atoms with E-state index >= 15 is 0 Å². The van der Waals surface area contributed by atoms with Crippen LogP contribution < -0.4 is 16.0 Å². The van der Waals surface area contributed by atoms with E-state index in [2.05, 4.69) is 22.5 Å². The van der Waals surface area contributed by atoms with Crippen molar-refractivity contribution in [2.75, 3.05) is 16.0 Å².